The lowest BCUT2D eigenvalue weighted by Crippen LogP contribution is -2.37. The zero-order valence-corrected chi connectivity index (χ0v) is 43.0. The van der Waals surface area contributed by atoms with Crippen LogP contribution in [0.25, 0.3) is 11.1 Å². The lowest BCUT2D eigenvalue weighted by atomic mass is 10.0. The molecule has 0 fully saturated rings. The van der Waals surface area contributed by atoms with Crippen LogP contribution in [-0.4, -0.2) is 37.1 Å². The van der Waals surface area contributed by atoms with Gasteiger partial charge in [0.2, 0.25) is 0 Å². The van der Waals surface area contributed by atoms with Crippen molar-refractivity contribution in [1.82, 2.24) is 5.32 Å². The first-order valence-corrected chi connectivity index (χ1v) is 25.5. The van der Waals surface area contributed by atoms with Gasteiger partial charge in [0.25, 0.3) is 5.91 Å². The van der Waals surface area contributed by atoms with Gasteiger partial charge in [-0.3, -0.25) is 14.4 Å². The number of allylic oxidation sites excluding steroid dienone is 25. The molecule has 1 amide bonds. The fourth-order valence-electron chi connectivity index (χ4n) is 6.53. The number of rotatable bonds is 37. The van der Waals surface area contributed by atoms with Gasteiger partial charge in [-0.25, -0.2) is 8.78 Å². The van der Waals surface area contributed by atoms with Crippen LogP contribution in [0.3, 0.4) is 0 Å². The monoisotopic (exact) mass is 984 g/mol. The van der Waals surface area contributed by atoms with E-state index in [4.69, 9.17) is 14.2 Å². The molecule has 9 heteroatoms. The summed E-state index contributed by atoms with van der Waals surface area (Å²) in [4.78, 5) is 38.6. The van der Waals surface area contributed by atoms with E-state index in [0.717, 1.165) is 89.2 Å². The van der Waals surface area contributed by atoms with Crippen molar-refractivity contribution in [2.24, 2.45) is 0 Å². The molecule has 1 unspecified atom stereocenters. The topological polar surface area (TPSA) is 90.9 Å². The molecule has 0 radical (unpaired) electrons. The smallest absolute Gasteiger partial charge is 0.308 e. The number of benzene rings is 2. The molecule has 0 aromatic heterocycles. The average molecular weight is 984 g/mol. The van der Waals surface area contributed by atoms with Crippen molar-refractivity contribution in [3.8, 4) is 16.9 Å². The van der Waals surface area contributed by atoms with Gasteiger partial charge in [0.05, 0.1) is 17.9 Å². The predicted octanol–water partition coefficient (Wildman–Crippen LogP) is 16.7. The second-order valence-electron chi connectivity index (χ2n) is 16.5. The second kappa shape index (κ2) is 41.9. The zero-order chi connectivity index (χ0) is 52.1. The zero-order valence-electron chi connectivity index (χ0n) is 43.0. The van der Waals surface area contributed by atoms with Crippen LogP contribution in [0.15, 0.2) is 195 Å². The highest BCUT2D eigenvalue weighted by atomic mass is 19.1. The van der Waals surface area contributed by atoms with Gasteiger partial charge >= 0.3 is 11.9 Å². The van der Waals surface area contributed by atoms with Crippen LogP contribution >= 0.6 is 0 Å². The summed E-state index contributed by atoms with van der Waals surface area (Å²) in [5.74, 6) is -2.96. The lowest BCUT2D eigenvalue weighted by molar-refractivity contribution is -0.151. The summed E-state index contributed by atoms with van der Waals surface area (Å²) in [6.45, 7) is 9.28. The van der Waals surface area contributed by atoms with Crippen molar-refractivity contribution in [3.63, 3.8) is 0 Å². The quantitative estimate of drug-likeness (QED) is 0.0314. The van der Waals surface area contributed by atoms with Crippen LogP contribution in [-0.2, 0) is 19.1 Å². The van der Waals surface area contributed by atoms with Gasteiger partial charge in [-0.05, 0) is 120 Å². The van der Waals surface area contributed by atoms with Gasteiger partial charge in [-0.15, -0.1) is 0 Å². The Morgan fingerprint density at radius 1 is 0.569 bits per heavy atom. The van der Waals surface area contributed by atoms with Crippen LogP contribution in [0.1, 0.15) is 134 Å². The van der Waals surface area contributed by atoms with E-state index in [1.165, 1.54) is 31.2 Å². The largest absolute Gasteiger partial charge is 0.495 e. The van der Waals surface area contributed by atoms with E-state index in [9.17, 15) is 23.2 Å². The summed E-state index contributed by atoms with van der Waals surface area (Å²) in [6, 6.07) is 7.30. The van der Waals surface area contributed by atoms with Crippen LogP contribution in [0.2, 0.25) is 0 Å². The van der Waals surface area contributed by atoms with E-state index in [2.05, 4.69) is 159 Å². The number of carbonyl (C=O) groups is 3. The molecule has 386 valence electrons. The Labute approximate surface area is 430 Å². The van der Waals surface area contributed by atoms with Gasteiger partial charge < -0.3 is 19.5 Å². The summed E-state index contributed by atoms with van der Waals surface area (Å²) in [5.41, 5.74) is 0.239. The molecule has 2 rings (SSSR count). The number of carbonyl (C=O) groups excluding carboxylic acids is 3. The van der Waals surface area contributed by atoms with E-state index in [-0.39, 0.29) is 42.0 Å². The van der Waals surface area contributed by atoms with Crippen molar-refractivity contribution < 1.29 is 37.4 Å². The SMILES string of the molecule is C=C(CC/C=C\C/C=C\C/C=C\C/C=C\C/C=C\C/C=C\CC)OCC(CNC(=O)c1cc(-c2ccc(F)cc2F)ccc1OC(C)=O)OC(=O)CC/C=C\C/C=C\C/C=C\C/C=C\C/C=C\C/C=C\CC. The minimum absolute atomic E-state index is 0.0504. The molecule has 7 nitrogen and oxygen atoms in total. The summed E-state index contributed by atoms with van der Waals surface area (Å²) in [5, 5.41) is 2.75. The molecule has 1 N–H and O–H groups in total. The minimum atomic E-state index is -0.899. The van der Waals surface area contributed by atoms with Gasteiger partial charge in [0, 0.05) is 31.4 Å². The molecule has 0 spiro atoms. The second-order valence-corrected chi connectivity index (χ2v) is 16.5. The first-order valence-electron chi connectivity index (χ1n) is 25.5. The van der Waals surface area contributed by atoms with Crippen molar-refractivity contribution in [1.29, 1.82) is 0 Å². The van der Waals surface area contributed by atoms with Crippen molar-refractivity contribution in [2.45, 2.75) is 130 Å². The molecule has 0 aliphatic rings. The molecule has 1 atom stereocenters. The highest BCUT2D eigenvalue weighted by molar-refractivity contribution is 5.99. The van der Waals surface area contributed by atoms with Crippen molar-refractivity contribution in [3.05, 3.63) is 212 Å². The molecular weight excluding hydrogens is 905 g/mol. The third-order valence-corrected chi connectivity index (χ3v) is 10.3. The maximum Gasteiger partial charge on any atom is 0.308 e. The standard InChI is InChI=1S/C63H79F2NO6/c1-5-7-9-11-13-15-17-19-21-23-25-27-29-31-33-35-37-39-41-43-53(3)70-52-57(51-66-63(69)59-49-55(45-48-61(59)71-54(4)67)58-47-46-56(64)50-60(58)65)72-62(68)44-42-40-38-36-34-32-30-28-26-24-22-20-18-16-14-12-10-8-6-2/h7-10,13-16,19-22,25-28,31-34,37-40,45-50,57H,3,5-6,11-12,17-18,23-24,29-30,35-36,41-44,51-52H2,1-2,4H3,(H,66,69)/b9-7-,10-8-,15-13-,16-14-,21-19-,22-20-,27-25-,28-26-,33-31-,34-32-,39-37-,40-38-. The maximum absolute atomic E-state index is 14.7. The summed E-state index contributed by atoms with van der Waals surface area (Å²) in [7, 11) is 0. The van der Waals surface area contributed by atoms with E-state index in [0.29, 0.717) is 25.0 Å². The average Bonchev–Trinajstić information content (AvgIpc) is 3.36. The normalized spacial score (nSPS) is 13.0. The molecule has 0 bridgehead atoms. The Balaban J connectivity index is 1.92. The third-order valence-electron chi connectivity index (χ3n) is 10.3. The van der Waals surface area contributed by atoms with Gasteiger partial charge in [-0.1, -0.05) is 172 Å². The van der Waals surface area contributed by atoms with E-state index in [1.807, 2.05) is 12.2 Å². The number of hydrogen-bond donors (Lipinski definition) is 1. The maximum atomic E-state index is 14.7. The molecule has 0 saturated carbocycles. The Bertz CT molecular complexity index is 2270. The van der Waals surface area contributed by atoms with Crippen LogP contribution < -0.4 is 10.1 Å². The molecule has 0 aliphatic heterocycles. The number of esters is 2. The minimum Gasteiger partial charge on any atom is -0.495 e. The molecular formula is C63H79F2NO6. The fourth-order valence-corrected chi connectivity index (χ4v) is 6.53. The molecule has 2 aromatic rings. The number of nitrogens with one attached hydrogen (secondary N) is 1. The highest BCUT2D eigenvalue weighted by Crippen LogP contribution is 2.29. The Hall–Kier alpha value is -6.87. The molecule has 72 heavy (non-hydrogen) atoms. The number of hydrogen-bond acceptors (Lipinski definition) is 6. The number of ether oxygens (including phenoxy) is 3. The Kier molecular flexibility index (Phi) is 35.6. The number of amides is 1. The first-order chi connectivity index (χ1) is 35.1. The predicted molar refractivity (Wildman–Crippen MR) is 295 cm³/mol. The van der Waals surface area contributed by atoms with Gasteiger partial charge in [0.1, 0.15) is 24.0 Å². The first kappa shape index (κ1) is 61.3. The van der Waals surface area contributed by atoms with Crippen LogP contribution in [0.5, 0.6) is 5.75 Å². The van der Waals surface area contributed by atoms with Crippen molar-refractivity contribution in [2.75, 3.05) is 13.2 Å². The Morgan fingerprint density at radius 3 is 1.43 bits per heavy atom. The van der Waals surface area contributed by atoms with Crippen LogP contribution in [0, 0.1) is 11.6 Å². The molecule has 2 aromatic carbocycles. The summed E-state index contributed by atoms with van der Waals surface area (Å²) >= 11 is 0. The van der Waals surface area contributed by atoms with Crippen molar-refractivity contribution >= 4 is 17.8 Å². The summed E-state index contributed by atoms with van der Waals surface area (Å²) in [6.07, 6.45) is 63.3. The van der Waals surface area contributed by atoms with E-state index < -0.39 is 35.6 Å². The third kappa shape index (κ3) is 32.1. The molecule has 0 aliphatic carbocycles. The fraction of sp³-hybridized carbons (Fsp3) is 0.349. The molecule has 0 saturated heterocycles. The van der Waals surface area contributed by atoms with Gasteiger partial charge in [0.15, 0.2) is 6.10 Å². The number of halogens is 2. The van der Waals surface area contributed by atoms with Crippen LogP contribution in [0.4, 0.5) is 8.78 Å². The lowest BCUT2D eigenvalue weighted by Gasteiger charge is -2.20. The van der Waals surface area contributed by atoms with Gasteiger partial charge in [-0.2, -0.15) is 0 Å². The Morgan fingerprint density at radius 2 is 1.00 bits per heavy atom. The highest BCUT2D eigenvalue weighted by Gasteiger charge is 2.21. The summed E-state index contributed by atoms with van der Waals surface area (Å²) < 4.78 is 45.4. The van der Waals surface area contributed by atoms with E-state index >= 15 is 0 Å². The molecule has 0 heterocycles. The van der Waals surface area contributed by atoms with E-state index in [1.54, 1.807) is 0 Å².